The first-order chi connectivity index (χ1) is 12.7. The SMILES string of the molecule is OC1(O)Oc2cc3ncnc(Nc4cccc(Br)c4F)c3cc2OC1(O)O. The van der Waals surface area contributed by atoms with Crippen LogP contribution in [0.1, 0.15) is 0 Å². The molecule has 0 unspecified atom stereocenters. The molecule has 27 heavy (non-hydrogen) atoms. The van der Waals surface area contributed by atoms with Gasteiger partial charge in [0.25, 0.3) is 0 Å². The number of fused-ring (bicyclic) bond motifs is 2. The van der Waals surface area contributed by atoms with E-state index in [1.54, 1.807) is 6.07 Å². The fourth-order valence-electron chi connectivity index (χ4n) is 2.49. The lowest BCUT2D eigenvalue weighted by atomic mass is 10.2. The van der Waals surface area contributed by atoms with Crippen molar-refractivity contribution in [1.82, 2.24) is 9.97 Å². The zero-order chi connectivity index (χ0) is 19.4. The first-order valence-corrected chi connectivity index (χ1v) is 8.24. The van der Waals surface area contributed by atoms with Crippen LogP contribution in [0.15, 0.2) is 41.1 Å². The molecule has 2 aromatic carbocycles. The van der Waals surface area contributed by atoms with Crippen LogP contribution in [0.4, 0.5) is 15.9 Å². The molecule has 0 bridgehead atoms. The van der Waals surface area contributed by atoms with Crippen LogP contribution in [0.25, 0.3) is 10.9 Å². The summed E-state index contributed by atoms with van der Waals surface area (Å²) in [6.07, 6.45) is 1.21. The lowest BCUT2D eigenvalue weighted by Crippen LogP contribution is -2.63. The Bertz CT molecular complexity index is 1060. The number of benzene rings is 2. The number of ether oxygens (including phenoxy) is 2. The molecule has 11 heteroatoms. The van der Waals surface area contributed by atoms with Crippen molar-refractivity contribution in [2.24, 2.45) is 0 Å². The number of hydrogen-bond donors (Lipinski definition) is 5. The second kappa shape index (κ2) is 5.97. The zero-order valence-corrected chi connectivity index (χ0v) is 14.8. The molecule has 5 N–H and O–H groups in total. The lowest BCUT2D eigenvalue weighted by Gasteiger charge is -2.38. The van der Waals surface area contributed by atoms with Crippen molar-refractivity contribution in [2.45, 2.75) is 11.9 Å². The molecule has 0 spiro atoms. The highest BCUT2D eigenvalue weighted by atomic mass is 79.9. The maximum atomic E-state index is 14.2. The van der Waals surface area contributed by atoms with Crippen molar-refractivity contribution < 1.29 is 34.3 Å². The summed E-state index contributed by atoms with van der Waals surface area (Å²) >= 11 is 3.09. The summed E-state index contributed by atoms with van der Waals surface area (Å²) in [7, 11) is 0. The van der Waals surface area contributed by atoms with Gasteiger partial charge in [-0.2, -0.15) is 0 Å². The number of nitrogens with zero attached hydrogens (tertiary/aromatic N) is 2. The van der Waals surface area contributed by atoms with Gasteiger partial charge in [0, 0.05) is 11.5 Å². The number of aromatic nitrogens is 2. The van der Waals surface area contributed by atoms with Crippen molar-refractivity contribution in [2.75, 3.05) is 5.32 Å². The molecule has 1 aliphatic rings. The second-order valence-electron chi connectivity index (χ2n) is 5.69. The fourth-order valence-corrected chi connectivity index (χ4v) is 2.86. The maximum absolute atomic E-state index is 14.2. The van der Waals surface area contributed by atoms with Gasteiger partial charge < -0.3 is 35.2 Å². The van der Waals surface area contributed by atoms with Gasteiger partial charge in [0.1, 0.15) is 12.1 Å². The number of aliphatic hydroxyl groups is 4. The quantitative estimate of drug-likeness (QED) is 0.374. The maximum Gasteiger partial charge on any atom is 0.422 e. The monoisotopic (exact) mass is 439 g/mol. The average molecular weight is 440 g/mol. The highest BCUT2D eigenvalue weighted by Crippen LogP contribution is 2.42. The Hall–Kier alpha value is -2.57. The summed E-state index contributed by atoms with van der Waals surface area (Å²) in [6.45, 7) is 0. The molecule has 0 fully saturated rings. The van der Waals surface area contributed by atoms with Crippen LogP contribution < -0.4 is 14.8 Å². The molecule has 1 aromatic heterocycles. The highest BCUT2D eigenvalue weighted by Gasteiger charge is 2.57. The highest BCUT2D eigenvalue weighted by molar-refractivity contribution is 9.10. The Morgan fingerprint density at radius 1 is 1.00 bits per heavy atom. The van der Waals surface area contributed by atoms with Crippen LogP contribution in [0, 0.1) is 5.82 Å². The number of halogens is 2. The number of hydrogen-bond acceptors (Lipinski definition) is 9. The first-order valence-electron chi connectivity index (χ1n) is 7.45. The summed E-state index contributed by atoms with van der Waals surface area (Å²) in [6, 6.07) is 7.25. The summed E-state index contributed by atoms with van der Waals surface area (Å²) in [5.74, 6) is -7.52. The van der Waals surface area contributed by atoms with Gasteiger partial charge >= 0.3 is 11.9 Å². The molecule has 9 nitrogen and oxygen atoms in total. The van der Waals surface area contributed by atoms with E-state index in [2.05, 4.69) is 31.2 Å². The molecule has 0 atom stereocenters. The van der Waals surface area contributed by atoms with Gasteiger partial charge in [-0.15, -0.1) is 0 Å². The lowest BCUT2D eigenvalue weighted by molar-refractivity contribution is -0.500. The summed E-state index contributed by atoms with van der Waals surface area (Å²) in [4.78, 5) is 8.10. The molecule has 4 rings (SSSR count). The molecular weight excluding hydrogens is 429 g/mol. The van der Waals surface area contributed by atoms with Gasteiger partial charge in [0.15, 0.2) is 17.3 Å². The van der Waals surface area contributed by atoms with E-state index in [-0.39, 0.29) is 27.5 Å². The largest absolute Gasteiger partial charge is 0.428 e. The van der Waals surface area contributed by atoms with Crippen LogP contribution in [0.2, 0.25) is 0 Å². The molecular formula is C16H11BrFN3O6. The van der Waals surface area contributed by atoms with Gasteiger partial charge in [0.2, 0.25) is 0 Å². The van der Waals surface area contributed by atoms with Crippen LogP contribution in [0.3, 0.4) is 0 Å². The van der Waals surface area contributed by atoms with E-state index in [0.717, 1.165) is 0 Å². The first kappa shape index (κ1) is 17.8. The van der Waals surface area contributed by atoms with E-state index in [4.69, 9.17) is 9.47 Å². The summed E-state index contributed by atoms with van der Waals surface area (Å²) in [5.41, 5.74) is 0.437. The third-order valence-electron chi connectivity index (χ3n) is 3.83. The van der Waals surface area contributed by atoms with E-state index >= 15 is 0 Å². The van der Waals surface area contributed by atoms with E-state index in [9.17, 15) is 24.8 Å². The molecule has 0 radical (unpaired) electrons. The fraction of sp³-hybridized carbons (Fsp3) is 0.125. The average Bonchev–Trinajstić information content (AvgIpc) is 2.58. The standard InChI is InChI=1S/C16H11BrFN3O6/c17-8-2-1-3-9(13(8)18)21-14-7-4-11-12(5-10(7)19-6-20-14)27-16(24,25)15(22,23)26-11/h1-6,22-25H,(H,19,20,21). The van der Waals surface area contributed by atoms with Gasteiger partial charge in [-0.3, -0.25) is 0 Å². The Morgan fingerprint density at radius 2 is 1.67 bits per heavy atom. The number of anilines is 2. The van der Waals surface area contributed by atoms with E-state index < -0.39 is 17.8 Å². The minimum absolute atomic E-state index is 0.141. The Morgan fingerprint density at radius 3 is 2.37 bits per heavy atom. The smallest absolute Gasteiger partial charge is 0.422 e. The third-order valence-corrected chi connectivity index (χ3v) is 4.45. The van der Waals surface area contributed by atoms with Crippen molar-refractivity contribution in [3.8, 4) is 11.5 Å². The number of nitrogens with one attached hydrogen (secondary N) is 1. The molecule has 0 aliphatic carbocycles. The molecule has 3 aromatic rings. The van der Waals surface area contributed by atoms with Crippen molar-refractivity contribution in [1.29, 1.82) is 0 Å². The Balaban J connectivity index is 1.82. The predicted octanol–water partition coefficient (Wildman–Crippen LogP) is 1.32. The van der Waals surface area contributed by atoms with Crippen LogP contribution >= 0.6 is 15.9 Å². The Labute approximate surface area is 158 Å². The topological polar surface area (TPSA) is 137 Å². The van der Waals surface area contributed by atoms with Crippen LogP contribution in [-0.4, -0.2) is 42.3 Å². The second-order valence-corrected chi connectivity index (χ2v) is 6.54. The molecule has 0 saturated heterocycles. The third kappa shape index (κ3) is 2.95. The molecule has 1 aliphatic heterocycles. The zero-order valence-electron chi connectivity index (χ0n) is 13.2. The summed E-state index contributed by atoms with van der Waals surface area (Å²) in [5, 5.41) is 41.4. The predicted molar refractivity (Wildman–Crippen MR) is 92.5 cm³/mol. The van der Waals surface area contributed by atoms with Gasteiger partial charge in [-0.1, -0.05) is 6.07 Å². The van der Waals surface area contributed by atoms with Crippen molar-refractivity contribution in [3.05, 3.63) is 46.9 Å². The van der Waals surface area contributed by atoms with Gasteiger partial charge in [-0.25, -0.2) is 14.4 Å². The number of rotatable bonds is 2. The van der Waals surface area contributed by atoms with Crippen LogP contribution in [-0.2, 0) is 0 Å². The van der Waals surface area contributed by atoms with E-state index in [1.165, 1.54) is 30.6 Å². The molecule has 2 heterocycles. The van der Waals surface area contributed by atoms with Crippen molar-refractivity contribution in [3.63, 3.8) is 0 Å². The van der Waals surface area contributed by atoms with E-state index in [0.29, 0.717) is 10.9 Å². The van der Waals surface area contributed by atoms with Crippen molar-refractivity contribution >= 4 is 38.3 Å². The minimum atomic E-state index is -3.41. The molecule has 0 saturated carbocycles. The van der Waals surface area contributed by atoms with Crippen LogP contribution in [0.5, 0.6) is 11.5 Å². The van der Waals surface area contributed by atoms with Gasteiger partial charge in [-0.05, 0) is 34.1 Å². The van der Waals surface area contributed by atoms with E-state index in [1.807, 2.05) is 0 Å². The molecule has 140 valence electrons. The normalized spacial score (nSPS) is 17.0. The Kier molecular flexibility index (Phi) is 3.94. The van der Waals surface area contributed by atoms with Gasteiger partial charge in [0.05, 0.1) is 15.7 Å². The summed E-state index contributed by atoms with van der Waals surface area (Å²) < 4.78 is 24.1. The minimum Gasteiger partial charge on any atom is -0.428 e. The molecule has 0 amide bonds.